The number of benzene rings is 1. The van der Waals surface area contributed by atoms with E-state index >= 15 is 0 Å². The van der Waals surface area contributed by atoms with Crippen LogP contribution in [0.25, 0.3) is 0 Å². The van der Waals surface area contributed by atoms with Gasteiger partial charge in [-0.1, -0.05) is 48.1 Å². The molecule has 2 nitrogen and oxygen atoms in total. The lowest BCUT2D eigenvalue weighted by Crippen LogP contribution is -2.42. The molecule has 1 atom stereocenters. The molecular weight excluding hydrogens is 302 g/mol. The fourth-order valence-corrected chi connectivity index (χ4v) is 3.77. The highest BCUT2D eigenvalue weighted by molar-refractivity contribution is 7.80. The van der Waals surface area contributed by atoms with Crippen LogP contribution < -0.4 is 0 Å². The van der Waals surface area contributed by atoms with Gasteiger partial charge in [-0.15, -0.1) is 0 Å². The molecule has 0 aliphatic rings. The van der Waals surface area contributed by atoms with Gasteiger partial charge in [0, 0.05) is 24.1 Å². The Morgan fingerprint density at radius 3 is 2.17 bits per heavy atom. The van der Waals surface area contributed by atoms with Crippen LogP contribution in [0.15, 0.2) is 35.9 Å². The average Bonchev–Trinajstić information content (AvgIpc) is 2.35. The van der Waals surface area contributed by atoms with Gasteiger partial charge in [0.2, 0.25) is 0 Å². The highest BCUT2D eigenvalue weighted by atomic mass is 32.1. The van der Waals surface area contributed by atoms with Crippen LogP contribution in [0.4, 0.5) is 0 Å². The van der Waals surface area contributed by atoms with Gasteiger partial charge in [-0.2, -0.15) is 0 Å². The van der Waals surface area contributed by atoms with Crippen LogP contribution in [0, 0.1) is 0 Å². The van der Waals surface area contributed by atoms with E-state index in [1.54, 1.807) is 0 Å². The molecule has 0 aromatic heterocycles. The topological polar surface area (TPSA) is 23.5 Å². The molecule has 1 unspecified atom stereocenters. The van der Waals surface area contributed by atoms with E-state index in [4.69, 9.17) is 12.2 Å². The molecule has 1 aromatic carbocycles. The fraction of sp³-hybridized carbons (Fsp3) is 0.550. The maximum absolute atomic E-state index is 10.7. The molecular formula is C20H31NOS. The van der Waals surface area contributed by atoms with Crippen molar-refractivity contribution in [1.29, 1.82) is 0 Å². The van der Waals surface area contributed by atoms with Gasteiger partial charge >= 0.3 is 0 Å². The molecule has 1 aromatic rings. The molecule has 1 rings (SSSR count). The highest BCUT2D eigenvalue weighted by Crippen LogP contribution is 2.23. The summed E-state index contributed by atoms with van der Waals surface area (Å²) >= 11 is 5.79. The largest absolute Gasteiger partial charge is 0.386 e. The van der Waals surface area contributed by atoms with Crippen molar-refractivity contribution in [3.63, 3.8) is 0 Å². The van der Waals surface area contributed by atoms with Gasteiger partial charge in [0.05, 0.1) is 5.60 Å². The van der Waals surface area contributed by atoms with E-state index in [2.05, 4.69) is 44.7 Å². The van der Waals surface area contributed by atoms with Crippen LogP contribution in [0.2, 0.25) is 0 Å². The van der Waals surface area contributed by atoms with E-state index < -0.39 is 5.60 Å². The van der Waals surface area contributed by atoms with E-state index in [1.807, 2.05) is 39.0 Å². The van der Waals surface area contributed by atoms with E-state index in [0.29, 0.717) is 18.5 Å². The third-order valence-corrected chi connectivity index (χ3v) is 4.17. The van der Waals surface area contributed by atoms with E-state index in [9.17, 15) is 5.11 Å². The summed E-state index contributed by atoms with van der Waals surface area (Å²) in [5.74, 6) is 0. The fourth-order valence-electron chi connectivity index (χ4n) is 3.15. The molecule has 0 aliphatic carbocycles. The lowest BCUT2D eigenvalue weighted by molar-refractivity contribution is 0.111. The SMILES string of the molecule is CC(C)=CC(C)(O)Cc1ccccc1C(=S)N(C(C)C)C(C)C. The number of hydrogen-bond acceptors (Lipinski definition) is 2. The van der Waals surface area contributed by atoms with Gasteiger partial charge in [-0.25, -0.2) is 0 Å². The maximum Gasteiger partial charge on any atom is 0.109 e. The number of hydrogen-bond donors (Lipinski definition) is 1. The molecule has 23 heavy (non-hydrogen) atoms. The van der Waals surface area contributed by atoms with E-state index in [0.717, 1.165) is 21.7 Å². The van der Waals surface area contributed by atoms with Crippen molar-refractivity contribution in [3.8, 4) is 0 Å². The molecule has 128 valence electrons. The lowest BCUT2D eigenvalue weighted by atomic mass is 9.91. The predicted octanol–water partition coefficient (Wildman–Crippen LogP) is 4.74. The maximum atomic E-state index is 10.7. The zero-order chi connectivity index (χ0) is 17.8. The zero-order valence-electron chi connectivity index (χ0n) is 15.6. The number of aliphatic hydroxyl groups is 1. The Balaban J connectivity index is 3.20. The first-order valence-electron chi connectivity index (χ1n) is 8.34. The molecule has 1 N–H and O–H groups in total. The standard InChI is InChI=1S/C20H31NOS/c1-14(2)12-20(7,22)13-17-10-8-9-11-18(17)19(23)21(15(3)4)16(5)6/h8-12,15-16,22H,13H2,1-7H3. The first-order valence-corrected chi connectivity index (χ1v) is 8.75. The zero-order valence-corrected chi connectivity index (χ0v) is 16.4. The Kier molecular flexibility index (Phi) is 6.97. The normalized spacial score (nSPS) is 13.8. The Morgan fingerprint density at radius 2 is 1.70 bits per heavy atom. The molecule has 3 heteroatoms. The number of nitrogens with zero attached hydrogens (tertiary/aromatic N) is 1. The van der Waals surface area contributed by atoms with Crippen LogP contribution in [0.3, 0.4) is 0 Å². The van der Waals surface area contributed by atoms with Crippen molar-refractivity contribution in [3.05, 3.63) is 47.0 Å². The average molecular weight is 334 g/mol. The van der Waals surface area contributed by atoms with Gasteiger partial charge < -0.3 is 10.0 Å². The second kappa shape index (κ2) is 8.07. The van der Waals surface area contributed by atoms with Crippen molar-refractivity contribution in [1.82, 2.24) is 4.90 Å². The quantitative estimate of drug-likeness (QED) is 0.601. The van der Waals surface area contributed by atoms with Gasteiger partial charge in [-0.3, -0.25) is 0 Å². The Morgan fingerprint density at radius 1 is 1.17 bits per heavy atom. The van der Waals surface area contributed by atoms with Gasteiger partial charge in [-0.05, 0) is 54.0 Å². The van der Waals surface area contributed by atoms with Crippen LogP contribution in [0.5, 0.6) is 0 Å². The summed E-state index contributed by atoms with van der Waals surface area (Å²) in [6, 6.07) is 8.83. The van der Waals surface area contributed by atoms with E-state index in [1.165, 1.54) is 0 Å². The van der Waals surface area contributed by atoms with Gasteiger partial charge in [0.15, 0.2) is 0 Å². The van der Waals surface area contributed by atoms with Crippen molar-refractivity contribution >= 4 is 17.2 Å². The third kappa shape index (κ3) is 5.74. The molecule has 0 bridgehead atoms. The summed E-state index contributed by atoms with van der Waals surface area (Å²) in [6.07, 6.45) is 2.47. The summed E-state index contributed by atoms with van der Waals surface area (Å²) in [7, 11) is 0. The first-order chi connectivity index (χ1) is 10.5. The van der Waals surface area contributed by atoms with Crippen molar-refractivity contribution in [2.24, 2.45) is 0 Å². The minimum atomic E-state index is -0.870. The number of rotatable bonds is 6. The number of allylic oxidation sites excluding steroid dienone is 1. The van der Waals surface area contributed by atoms with E-state index in [-0.39, 0.29) is 0 Å². The molecule has 0 fully saturated rings. The Labute approximate surface area is 147 Å². The predicted molar refractivity (Wildman–Crippen MR) is 104 cm³/mol. The van der Waals surface area contributed by atoms with Crippen LogP contribution in [-0.4, -0.2) is 32.7 Å². The number of thiocarbonyl (C=S) groups is 1. The second-order valence-corrected chi connectivity index (χ2v) is 7.70. The van der Waals surface area contributed by atoms with Crippen molar-refractivity contribution < 1.29 is 5.11 Å². The summed E-state index contributed by atoms with van der Waals surface area (Å²) in [5.41, 5.74) is 2.38. The summed E-state index contributed by atoms with van der Waals surface area (Å²) < 4.78 is 0. The minimum absolute atomic E-state index is 0.342. The molecule has 0 aliphatic heterocycles. The molecule has 0 spiro atoms. The highest BCUT2D eigenvalue weighted by Gasteiger charge is 2.24. The molecule has 0 saturated carbocycles. The second-order valence-electron chi connectivity index (χ2n) is 7.31. The molecule has 0 amide bonds. The van der Waals surface area contributed by atoms with Crippen molar-refractivity contribution in [2.45, 2.75) is 72.6 Å². The molecule has 0 heterocycles. The van der Waals surface area contributed by atoms with Crippen LogP contribution in [0.1, 0.15) is 59.6 Å². The van der Waals surface area contributed by atoms with Gasteiger partial charge in [0.25, 0.3) is 0 Å². The summed E-state index contributed by atoms with van der Waals surface area (Å²) in [4.78, 5) is 3.11. The third-order valence-electron chi connectivity index (χ3n) is 3.74. The first kappa shape index (κ1) is 19.9. The van der Waals surface area contributed by atoms with Gasteiger partial charge in [0.1, 0.15) is 4.99 Å². The molecule has 0 saturated heterocycles. The summed E-state index contributed by atoms with van der Waals surface area (Å²) in [5, 5.41) is 10.7. The van der Waals surface area contributed by atoms with Crippen molar-refractivity contribution in [2.75, 3.05) is 0 Å². The van der Waals surface area contributed by atoms with Crippen LogP contribution >= 0.6 is 12.2 Å². The minimum Gasteiger partial charge on any atom is -0.386 e. The lowest BCUT2D eigenvalue weighted by Gasteiger charge is -2.34. The van der Waals surface area contributed by atoms with Crippen LogP contribution in [-0.2, 0) is 6.42 Å². The monoisotopic (exact) mass is 333 g/mol. The smallest absolute Gasteiger partial charge is 0.109 e. The summed E-state index contributed by atoms with van der Waals surface area (Å²) in [6.45, 7) is 14.5. The Bertz CT molecular complexity index is 561. The Hall–Kier alpha value is -1.19. The molecule has 0 radical (unpaired) electrons.